The minimum absolute atomic E-state index is 0.130. The number of nitrogens with zero attached hydrogens (tertiary/aromatic N) is 4. The van der Waals surface area contributed by atoms with Gasteiger partial charge in [0.05, 0.1) is 13.5 Å². The van der Waals surface area contributed by atoms with Gasteiger partial charge in [0.15, 0.2) is 0 Å². The van der Waals surface area contributed by atoms with Crippen molar-refractivity contribution in [3.05, 3.63) is 84.7 Å². The van der Waals surface area contributed by atoms with Crippen molar-refractivity contribution in [1.82, 2.24) is 19.5 Å². The Hall–Kier alpha value is -4.20. The molecule has 4 rings (SSSR count). The smallest absolute Gasteiger partial charge is 0.228 e. The largest absolute Gasteiger partial charge is 0.496 e. The van der Waals surface area contributed by atoms with Gasteiger partial charge in [-0.1, -0.05) is 18.2 Å². The van der Waals surface area contributed by atoms with Crippen LogP contribution in [0, 0.1) is 6.92 Å². The maximum absolute atomic E-state index is 12.4. The van der Waals surface area contributed by atoms with E-state index in [0.717, 1.165) is 11.4 Å². The van der Waals surface area contributed by atoms with Gasteiger partial charge in [0.1, 0.15) is 29.5 Å². The zero-order valence-electron chi connectivity index (χ0n) is 17.1. The molecule has 0 unspecified atom stereocenters. The zero-order chi connectivity index (χ0) is 21.6. The number of rotatable bonds is 7. The van der Waals surface area contributed by atoms with Crippen LogP contribution in [-0.2, 0) is 11.2 Å². The summed E-state index contributed by atoms with van der Waals surface area (Å²) in [5.41, 5.74) is 1.50. The monoisotopic (exact) mass is 415 g/mol. The highest BCUT2D eigenvalue weighted by molar-refractivity contribution is 5.92. The van der Waals surface area contributed by atoms with Crippen LogP contribution in [0.1, 0.15) is 11.4 Å². The first kappa shape index (κ1) is 20.1. The van der Waals surface area contributed by atoms with E-state index in [2.05, 4.69) is 20.3 Å². The molecule has 4 aromatic rings. The van der Waals surface area contributed by atoms with Crippen LogP contribution in [0.2, 0.25) is 0 Å². The van der Waals surface area contributed by atoms with E-state index in [-0.39, 0.29) is 12.3 Å². The van der Waals surface area contributed by atoms with Gasteiger partial charge in [-0.05, 0) is 37.3 Å². The standard InChI is InChI=1S/C23H21N5O3/c1-16-24-11-12-28(16)21-14-23(26-15-25-21)31-19-9-7-18(8-10-19)27-22(29)13-17-5-3-4-6-20(17)30-2/h3-12,14-15H,13H2,1-2H3,(H,27,29). The van der Waals surface area contributed by atoms with Gasteiger partial charge in [-0.15, -0.1) is 0 Å². The third-order valence-corrected chi connectivity index (χ3v) is 4.60. The lowest BCUT2D eigenvalue weighted by atomic mass is 10.1. The van der Waals surface area contributed by atoms with Crippen molar-refractivity contribution in [2.24, 2.45) is 0 Å². The number of methoxy groups -OCH3 is 1. The second-order valence-electron chi connectivity index (χ2n) is 6.72. The highest BCUT2D eigenvalue weighted by atomic mass is 16.5. The predicted molar refractivity (Wildman–Crippen MR) is 116 cm³/mol. The summed E-state index contributed by atoms with van der Waals surface area (Å²) in [6.07, 6.45) is 5.19. The number of anilines is 1. The molecule has 8 heteroatoms. The van der Waals surface area contributed by atoms with Crippen LogP contribution >= 0.6 is 0 Å². The summed E-state index contributed by atoms with van der Waals surface area (Å²) in [4.78, 5) is 25.0. The molecule has 156 valence electrons. The second kappa shape index (κ2) is 9.08. The average molecular weight is 415 g/mol. The third-order valence-electron chi connectivity index (χ3n) is 4.60. The molecule has 0 bridgehead atoms. The number of aromatic nitrogens is 4. The molecular formula is C23H21N5O3. The Morgan fingerprint density at radius 2 is 1.87 bits per heavy atom. The van der Waals surface area contributed by atoms with Crippen LogP contribution < -0.4 is 14.8 Å². The van der Waals surface area contributed by atoms with E-state index in [1.54, 1.807) is 43.6 Å². The molecule has 0 saturated carbocycles. The van der Waals surface area contributed by atoms with E-state index < -0.39 is 0 Å². The molecule has 0 aliphatic heterocycles. The molecule has 2 aromatic heterocycles. The van der Waals surface area contributed by atoms with E-state index in [1.165, 1.54) is 6.33 Å². The minimum atomic E-state index is -0.130. The van der Waals surface area contributed by atoms with Crippen molar-refractivity contribution in [2.45, 2.75) is 13.3 Å². The Balaban J connectivity index is 1.40. The summed E-state index contributed by atoms with van der Waals surface area (Å²) in [6, 6.07) is 16.3. The van der Waals surface area contributed by atoms with E-state index in [9.17, 15) is 4.79 Å². The number of nitrogens with one attached hydrogen (secondary N) is 1. The van der Waals surface area contributed by atoms with Gasteiger partial charge in [-0.3, -0.25) is 9.36 Å². The van der Waals surface area contributed by atoms with Crippen LogP contribution in [0.4, 0.5) is 5.69 Å². The summed E-state index contributed by atoms with van der Waals surface area (Å²) in [6.45, 7) is 1.89. The van der Waals surface area contributed by atoms with Crippen molar-refractivity contribution in [3.63, 3.8) is 0 Å². The number of carbonyl (C=O) groups excluding carboxylic acids is 1. The fourth-order valence-electron chi connectivity index (χ4n) is 3.09. The fraction of sp³-hybridized carbons (Fsp3) is 0.130. The summed E-state index contributed by atoms with van der Waals surface area (Å²) in [5.74, 6) is 3.05. The molecule has 2 heterocycles. The number of carbonyl (C=O) groups is 1. The van der Waals surface area contributed by atoms with Crippen molar-refractivity contribution in [3.8, 4) is 23.2 Å². The highest BCUT2D eigenvalue weighted by Gasteiger charge is 2.09. The molecule has 0 aliphatic rings. The van der Waals surface area contributed by atoms with Gasteiger partial charge < -0.3 is 14.8 Å². The van der Waals surface area contributed by atoms with Gasteiger partial charge in [-0.2, -0.15) is 0 Å². The van der Waals surface area contributed by atoms with E-state index in [1.807, 2.05) is 42.0 Å². The van der Waals surface area contributed by atoms with Crippen molar-refractivity contribution >= 4 is 11.6 Å². The van der Waals surface area contributed by atoms with E-state index in [4.69, 9.17) is 9.47 Å². The Morgan fingerprint density at radius 3 is 2.61 bits per heavy atom. The molecule has 0 atom stereocenters. The third kappa shape index (κ3) is 4.87. The van der Waals surface area contributed by atoms with Crippen molar-refractivity contribution < 1.29 is 14.3 Å². The molecule has 0 spiro atoms. The number of amides is 1. The molecule has 0 aliphatic carbocycles. The minimum Gasteiger partial charge on any atom is -0.496 e. The number of ether oxygens (including phenoxy) is 2. The van der Waals surface area contributed by atoms with Gasteiger partial charge in [0.2, 0.25) is 11.8 Å². The Labute approximate surface area is 179 Å². The summed E-state index contributed by atoms with van der Waals surface area (Å²) >= 11 is 0. The molecule has 31 heavy (non-hydrogen) atoms. The lowest BCUT2D eigenvalue weighted by molar-refractivity contribution is -0.115. The summed E-state index contributed by atoms with van der Waals surface area (Å²) in [7, 11) is 1.59. The fourth-order valence-corrected chi connectivity index (χ4v) is 3.09. The number of imidazole rings is 1. The average Bonchev–Trinajstić information content (AvgIpc) is 3.21. The van der Waals surface area contributed by atoms with Crippen LogP contribution in [0.15, 0.2) is 73.3 Å². The number of hydrogen-bond acceptors (Lipinski definition) is 6. The lowest BCUT2D eigenvalue weighted by Crippen LogP contribution is -2.14. The van der Waals surface area contributed by atoms with Crippen molar-refractivity contribution in [2.75, 3.05) is 12.4 Å². The molecule has 1 amide bonds. The highest BCUT2D eigenvalue weighted by Crippen LogP contribution is 2.23. The van der Waals surface area contributed by atoms with Crippen molar-refractivity contribution in [1.29, 1.82) is 0 Å². The number of hydrogen-bond donors (Lipinski definition) is 1. The first-order chi connectivity index (χ1) is 15.1. The normalized spacial score (nSPS) is 10.5. The first-order valence-electron chi connectivity index (χ1n) is 9.64. The Bertz CT molecular complexity index is 1190. The van der Waals surface area contributed by atoms with E-state index in [0.29, 0.717) is 28.9 Å². The predicted octanol–water partition coefficient (Wildman–Crippen LogP) is 3.95. The number of para-hydroxylation sites is 1. The molecule has 0 saturated heterocycles. The first-order valence-corrected chi connectivity index (χ1v) is 9.64. The molecule has 0 fully saturated rings. The van der Waals surface area contributed by atoms with Crippen LogP contribution in [-0.4, -0.2) is 32.5 Å². The second-order valence-corrected chi connectivity index (χ2v) is 6.72. The molecule has 8 nitrogen and oxygen atoms in total. The maximum Gasteiger partial charge on any atom is 0.228 e. The Kier molecular flexibility index (Phi) is 5.89. The van der Waals surface area contributed by atoms with Crippen LogP contribution in [0.3, 0.4) is 0 Å². The summed E-state index contributed by atoms with van der Waals surface area (Å²) < 4.78 is 13.0. The number of benzene rings is 2. The van der Waals surface area contributed by atoms with Crippen LogP contribution in [0.25, 0.3) is 5.82 Å². The quantitative estimate of drug-likeness (QED) is 0.491. The van der Waals surface area contributed by atoms with Crippen LogP contribution in [0.5, 0.6) is 17.4 Å². The number of aryl methyl sites for hydroxylation is 1. The molecule has 2 aromatic carbocycles. The van der Waals surface area contributed by atoms with Gasteiger partial charge in [0, 0.05) is 29.7 Å². The van der Waals surface area contributed by atoms with Gasteiger partial charge >= 0.3 is 0 Å². The topological polar surface area (TPSA) is 91.2 Å². The maximum atomic E-state index is 12.4. The van der Waals surface area contributed by atoms with Gasteiger partial charge in [-0.25, -0.2) is 15.0 Å². The molecule has 0 radical (unpaired) electrons. The summed E-state index contributed by atoms with van der Waals surface area (Å²) in [5, 5.41) is 2.88. The van der Waals surface area contributed by atoms with E-state index >= 15 is 0 Å². The SMILES string of the molecule is COc1ccccc1CC(=O)Nc1ccc(Oc2cc(-n3ccnc3C)ncn2)cc1. The van der Waals surface area contributed by atoms with Gasteiger partial charge in [0.25, 0.3) is 0 Å². The zero-order valence-corrected chi connectivity index (χ0v) is 17.1. The molecule has 1 N–H and O–H groups in total. The Morgan fingerprint density at radius 1 is 1.06 bits per heavy atom. The molecular weight excluding hydrogens is 394 g/mol. The lowest BCUT2D eigenvalue weighted by Gasteiger charge is -2.10.